The molecular formula is C12H17N3O3. The molecule has 0 aliphatic rings. The number of amides is 1. The van der Waals surface area contributed by atoms with Crippen LogP contribution in [-0.4, -0.2) is 30.1 Å². The SMILES string of the molecule is CCCNC(=O)COc1ccc(/C(N)=N/O)cc1. The smallest absolute Gasteiger partial charge is 0.257 e. The number of nitrogens with zero attached hydrogens (tertiary/aromatic N) is 1. The second-order valence-electron chi connectivity index (χ2n) is 3.65. The van der Waals surface area contributed by atoms with Crippen molar-refractivity contribution in [3.05, 3.63) is 29.8 Å². The first kappa shape index (κ1) is 13.8. The number of carbonyl (C=O) groups excluding carboxylic acids is 1. The molecule has 1 rings (SSSR count). The zero-order chi connectivity index (χ0) is 13.4. The lowest BCUT2D eigenvalue weighted by atomic mass is 10.2. The van der Waals surface area contributed by atoms with Gasteiger partial charge in [-0.05, 0) is 30.7 Å². The summed E-state index contributed by atoms with van der Waals surface area (Å²) in [6, 6.07) is 6.60. The Balaban J connectivity index is 2.47. The predicted molar refractivity (Wildman–Crippen MR) is 67.7 cm³/mol. The van der Waals surface area contributed by atoms with Gasteiger partial charge in [-0.15, -0.1) is 0 Å². The standard InChI is InChI=1S/C12H17N3O3/c1-2-7-14-11(16)8-18-10-5-3-9(4-6-10)12(13)15-17/h3-6,17H,2,7-8H2,1H3,(H2,13,15)(H,14,16). The fourth-order valence-corrected chi connectivity index (χ4v) is 1.24. The number of rotatable bonds is 6. The molecule has 0 radical (unpaired) electrons. The number of carbonyl (C=O) groups is 1. The monoisotopic (exact) mass is 251 g/mol. The highest BCUT2D eigenvalue weighted by atomic mass is 16.5. The van der Waals surface area contributed by atoms with Gasteiger partial charge in [-0.2, -0.15) is 0 Å². The Labute approximate surface area is 105 Å². The molecule has 18 heavy (non-hydrogen) atoms. The van der Waals surface area contributed by atoms with Crippen LogP contribution < -0.4 is 15.8 Å². The molecule has 0 atom stereocenters. The van der Waals surface area contributed by atoms with Crippen molar-refractivity contribution in [2.24, 2.45) is 10.9 Å². The Kier molecular flexibility index (Phi) is 5.50. The van der Waals surface area contributed by atoms with Crippen molar-refractivity contribution in [3.8, 4) is 5.75 Å². The second-order valence-corrected chi connectivity index (χ2v) is 3.65. The van der Waals surface area contributed by atoms with Crippen LogP contribution in [0.25, 0.3) is 0 Å². The van der Waals surface area contributed by atoms with Gasteiger partial charge in [0.2, 0.25) is 0 Å². The lowest BCUT2D eigenvalue weighted by Crippen LogP contribution is -2.29. The molecule has 0 fully saturated rings. The van der Waals surface area contributed by atoms with Gasteiger partial charge in [-0.3, -0.25) is 4.79 Å². The van der Waals surface area contributed by atoms with Crippen molar-refractivity contribution < 1.29 is 14.7 Å². The van der Waals surface area contributed by atoms with Crippen LogP contribution in [0.4, 0.5) is 0 Å². The molecule has 98 valence electrons. The maximum Gasteiger partial charge on any atom is 0.257 e. The minimum absolute atomic E-state index is 0.0249. The Morgan fingerprint density at radius 2 is 2.11 bits per heavy atom. The molecule has 1 amide bonds. The molecule has 0 aromatic heterocycles. The van der Waals surface area contributed by atoms with Crippen LogP contribution in [0.1, 0.15) is 18.9 Å². The van der Waals surface area contributed by atoms with E-state index < -0.39 is 0 Å². The zero-order valence-corrected chi connectivity index (χ0v) is 10.2. The van der Waals surface area contributed by atoms with Crippen molar-refractivity contribution in [3.63, 3.8) is 0 Å². The lowest BCUT2D eigenvalue weighted by Gasteiger charge is -2.07. The van der Waals surface area contributed by atoms with Gasteiger partial charge in [0.05, 0.1) is 0 Å². The van der Waals surface area contributed by atoms with E-state index in [1.54, 1.807) is 24.3 Å². The number of benzene rings is 1. The van der Waals surface area contributed by atoms with Crippen LogP contribution >= 0.6 is 0 Å². The molecule has 0 heterocycles. The molecule has 1 aromatic rings. The molecule has 6 heteroatoms. The van der Waals surface area contributed by atoms with Crippen LogP contribution in [0.5, 0.6) is 5.75 Å². The summed E-state index contributed by atoms with van der Waals surface area (Å²) in [5.41, 5.74) is 6.00. The number of nitrogens with one attached hydrogen (secondary N) is 1. The van der Waals surface area contributed by atoms with E-state index in [9.17, 15) is 4.79 Å². The van der Waals surface area contributed by atoms with Crippen molar-refractivity contribution in [2.75, 3.05) is 13.2 Å². The highest BCUT2D eigenvalue weighted by molar-refractivity contribution is 5.97. The Bertz CT molecular complexity index is 415. The summed E-state index contributed by atoms with van der Waals surface area (Å²) in [5, 5.41) is 14.1. The summed E-state index contributed by atoms with van der Waals surface area (Å²) < 4.78 is 5.28. The van der Waals surface area contributed by atoms with E-state index in [0.717, 1.165) is 6.42 Å². The molecule has 0 aliphatic carbocycles. The van der Waals surface area contributed by atoms with E-state index in [0.29, 0.717) is 17.9 Å². The van der Waals surface area contributed by atoms with E-state index in [4.69, 9.17) is 15.7 Å². The maximum atomic E-state index is 11.3. The van der Waals surface area contributed by atoms with Gasteiger partial charge in [0.15, 0.2) is 12.4 Å². The third-order valence-electron chi connectivity index (χ3n) is 2.20. The molecule has 0 aliphatic heterocycles. The van der Waals surface area contributed by atoms with Gasteiger partial charge in [0.1, 0.15) is 5.75 Å². The number of oxime groups is 1. The average molecular weight is 251 g/mol. The van der Waals surface area contributed by atoms with Crippen molar-refractivity contribution in [2.45, 2.75) is 13.3 Å². The first-order valence-corrected chi connectivity index (χ1v) is 5.64. The third-order valence-corrected chi connectivity index (χ3v) is 2.20. The maximum absolute atomic E-state index is 11.3. The van der Waals surface area contributed by atoms with Crippen LogP contribution in [0.2, 0.25) is 0 Å². The topological polar surface area (TPSA) is 96.9 Å². The van der Waals surface area contributed by atoms with Crippen molar-refractivity contribution in [1.82, 2.24) is 5.32 Å². The summed E-state index contributed by atoms with van der Waals surface area (Å²) in [6.45, 7) is 2.60. The van der Waals surface area contributed by atoms with E-state index in [1.807, 2.05) is 6.92 Å². The molecular weight excluding hydrogens is 234 g/mol. The molecule has 1 aromatic carbocycles. The Hall–Kier alpha value is -2.24. The molecule has 0 unspecified atom stereocenters. The van der Waals surface area contributed by atoms with Crippen LogP contribution in [0.15, 0.2) is 29.4 Å². The number of nitrogens with two attached hydrogens (primary N) is 1. The summed E-state index contributed by atoms with van der Waals surface area (Å²) >= 11 is 0. The molecule has 0 saturated carbocycles. The van der Waals surface area contributed by atoms with Crippen molar-refractivity contribution >= 4 is 11.7 Å². The van der Waals surface area contributed by atoms with E-state index >= 15 is 0 Å². The third kappa shape index (κ3) is 4.32. The molecule has 0 spiro atoms. The van der Waals surface area contributed by atoms with Gasteiger partial charge in [-0.25, -0.2) is 0 Å². The highest BCUT2D eigenvalue weighted by Crippen LogP contribution is 2.11. The quantitative estimate of drug-likeness (QED) is 0.300. The predicted octanol–water partition coefficient (Wildman–Crippen LogP) is 0.686. The van der Waals surface area contributed by atoms with Gasteiger partial charge in [0.25, 0.3) is 5.91 Å². The largest absolute Gasteiger partial charge is 0.484 e. The van der Waals surface area contributed by atoms with E-state index in [-0.39, 0.29) is 18.3 Å². The van der Waals surface area contributed by atoms with E-state index in [1.165, 1.54) is 0 Å². The molecule has 0 saturated heterocycles. The molecule has 0 bridgehead atoms. The van der Waals surface area contributed by atoms with Gasteiger partial charge in [-0.1, -0.05) is 12.1 Å². The minimum atomic E-state index is -0.155. The number of hydrogen-bond acceptors (Lipinski definition) is 4. The van der Waals surface area contributed by atoms with Crippen LogP contribution in [0.3, 0.4) is 0 Å². The number of hydrogen-bond donors (Lipinski definition) is 3. The van der Waals surface area contributed by atoms with Gasteiger partial charge >= 0.3 is 0 Å². The van der Waals surface area contributed by atoms with Crippen LogP contribution in [0, 0.1) is 0 Å². The van der Waals surface area contributed by atoms with Gasteiger partial charge in [0, 0.05) is 12.1 Å². The fourth-order valence-electron chi connectivity index (χ4n) is 1.24. The summed E-state index contributed by atoms with van der Waals surface area (Å²) in [4.78, 5) is 11.3. The fraction of sp³-hybridized carbons (Fsp3) is 0.333. The van der Waals surface area contributed by atoms with E-state index in [2.05, 4.69) is 10.5 Å². The Morgan fingerprint density at radius 1 is 1.44 bits per heavy atom. The molecule has 6 nitrogen and oxygen atoms in total. The average Bonchev–Trinajstić information content (AvgIpc) is 2.42. The normalized spacial score (nSPS) is 11.1. The first-order chi connectivity index (χ1) is 8.67. The zero-order valence-electron chi connectivity index (χ0n) is 10.2. The summed E-state index contributed by atoms with van der Waals surface area (Å²) in [5.74, 6) is 0.427. The number of ether oxygens (including phenoxy) is 1. The molecule has 4 N–H and O–H groups in total. The number of amidine groups is 1. The van der Waals surface area contributed by atoms with Crippen LogP contribution in [-0.2, 0) is 4.79 Å². The first-order valence-electron chi connectivity index (χ1n) is 5.64. The summed E-state index contributed by atoms with van der Waals surface area (Å²) in [6.07, 6.45) is 0.889. The summed E-state index contributed by atoms with van der Waals surface area (Å²) in [7, 11) is 0. The minimum Gasteiger partial charge on any atom is -0.484 e. The highest BCUT2D eigenvalue weighted by Gasteiger charge is 2.03. The van der Waals surface area contributed by atoms with Crippen molar-refractivity contribution in [1.29, 1.82) is 0 Å². The van der Waals surface area contributed by atoms with Gasteiger partial charge < -0.3 is 21.0 Å². The Morgan fingerprint density at radius 3 is 2.67 bits per heavy atom. The lowest BCUT2D eigenvalue weighted by molar-refractivity contribution is -0.123. The second kappa shape index (κ2) is 7.16.